The summed E-state index contributed by atoms with van der Waals surface area (Å²) in [6.45, 7) is 2.57. The van der Waals surface area contributed by atoms with Gasteiger partial charge in [0.15, 0.2) is 0 Å². The molecule has 1 N–H and O–H groups in total. The third-order valence-corrected chi connectivity index (χ3v) is 6.20. The van der Waals surface area contributed by atoms with Crippen LogP contribution in [0.4, 0.5) is 11.6 Å². The van der Waals surface area contributed by atoms with Gasteiger partial charge in [0.05, 0.1) is 17.5 Å². The Bertz CT molecular complexity index is 1310. The zero-order valence-corrected chi connectivity index (χ0v) is 18.6. The Labute approximate surface area is 192 Å². The van der Waals surface area contributed by atoms with Gasteiger partial charge < -0.3 is 5.32 Å². The van der Waals surface area contributed by atoms with Crippen molar-refractivity contribution in [3.63, 3.8) is 0 Å². The van der Waals surface area contributed by atoms with E-state index in [4.69, 9.17) is 4.98 Å². The number of nitrogens with one attached hydrogen (secondary N) is 1. The summed E-state index contributed by atoms with van der Waals surface area (Å²) in [6.07, 6.45) is 1.60. The number of hydrogen-bond acceptors (Lipinski definition) is 3. The van der Waals surface area contributed by atoms with Crippen LogP contribution < -0.4 is 10.2 Å². The van der Waals surface area contributed by atoms with Gasteiger partial charge in [0.1, 0.15) is 6.04 Å². The van der Waals surface area contributed by atoms with Crippen LogP contribution in [0.5, 0.6) is 0 Å². The van der Waals surface area contributed by atoms with Gasteiger partial charge in [-0.3, -0.25) is 19.1 Å². The third kappa shape index (κ3) is 4.00. The van der Waals surface area contributed by atoms with E-state index in [-0.39, 0.29) is 18.2 Å². The number of carbonyl (C=O) groups is 2. The molecule has 6 nitrogen and oxygen atoms in total. The van der Waals surface area contributed by atoms with Crippen molar-refractivity contribution >= 4 is 34.5 Å². The van der Waals surface area contributed by atoms with Gasteiger partial charge in [-0.25, -0.2) is 4.98 Å². The van der Waals surface area contributed by atoms with Crippen LogP contribution in [0.15, 0.2) is 78.9 Å². The Morgan fingerprint density at radius 2 is 1.70 bits per heavy atom. The van der Waals surface area contributed by atoms with Gasteiger partial charge in [-0.15, -0.1) is 0 Å². The lowest BCUT2D eigenvalue weighted by atomic mass is 10.1. The molecule has 1 aliphatic rings. The second-order valence-corrected chi connectivity index (χ2v) is 8.27. The van der Waals surface area contributed by atoms with E-state index in [1.807, 2.05) is 71.3 Å². The van der Waals surface area contributed by atoms with Crippen molar-refractivity contribution in [3.05, 3.63) is 90.0 Å². The molecule has 2 heterocycles. The fourth-order valence-electron chi connectivity index (χ4n) is 4.52. The number of aryl methyl sites for hydroxylation is 1. The molecule has 33 heavy (non-hydrogen) atoms. The Hall–Kier alpha value is -3.93. The first-order valence-electron chi connectivity index (χ1n) is 11.4. The van der Waals surface area contributed by atoms with Crippen molar-refractivity contribution in [2.75, 3.05) is 16.8 Å². The van der Waals surface area contributed by atoms with Crippen molar-refractivity contribution < 1.29 is 9.59 Å². The van der Waals surface area contributed by atoms with Gasteiger partial charge in [-0.05, 0) is 42.2 Å². The van der Waals surface area contributed by atoms with Crippen LogP contribution in [0.1, 0.15) is 30.5 Å². The molecule has 0 bridgehead atoms. The van der Waals surface area contributed by atoms with E-state index in [1.54, 1.807) is 4.90 Å². The fraction of sp³-hybridized carbons (Fsp3) is 0.222. The summed E-state index contributed by atoms with van der Waals surface area (Å²) >= 11 is 0. The molecule has 1 unspecified atom stereocenters. The number of hydrogen-bond donors (Lipinski definition) is 1. The summed E-state index contributed by atoms with van der Waals surface area (Å²) in [6, 6.07) is 25.0. The summed E-state index contributed by atoms with van der Waals surface area (Å²) in [5.41, 5.74) is 4.72. The van der Waals surface area contributed by atoms with Crippen LogP contribution in [0.3, 0.4) is 0 Å². The molecular formula is C27H26N4O2. The summed E-state index contributed by atoms with van der Waals surface area (Å²) in [7, 11) is 0. The maximum absolute atomic E-state index is 13.5. The average molecular weight is 439 g/mol. The topological polar surface area (TPSA) is 67.2 Å². The third-order valence-electron chi connectivity index (χ3n) is 6.20. The van der Waals surface area contributed by atoms with E-state index in [0.717, 1.165) is 40.7 Å². The zero-order chi connectivity index (χ0) is 22.8. The fourth-order valence-corrected chi connectivity index (χ4v) is 4.52. The zero-order valence-electron chi connectivity index (χ0n) is 18.6. The number of aromatic nitrogens is 2. The van der Waals surface area contributed by atoms with Crippen LogP contribution in [-0.2, 0) is 22.4 Å². The SMILES string of the molecule is CCc1ccccc1NC(=O)CC1C(=O)N(CCc2ccccc2)c2nc3ccccc3n21. The molecule has 166 valence electrons. The molecule has 5 rings (SSSR count). The molecule has 1 aromatic heterocycles. The predicted molar refractivity (Wildman–Crippen MR) is 130 cm³/mol. The molecule has 0 spiro atoms. The van der Waals surface area contributed by atoms with Crippen molar-refractivity contribution in [1.82, 2.24) is 9.55 Å². The molecule has 4 aromatic rings. The van der Waals surface area contributed by atoms with Crippen molar-refractivity contribution in [1.29, 1.82) is 0 Å². The maximum Gasteiger partial charge on any atom is 0.253 e. The summed E-state index contributed by atoms with van der Waals surface area (Å²) in [5.74, 6) is 0.352. The lowest BCUT2D eigenvalue weighted by molar-refractivity contribution is -0.124. The van der Waals surface area contributed by atoms with E-state index >= 15 is 0 Å². The molecule has 0 radical (unpaired) electrons. The highest BCUT2D eigenvalue weighted by atomic mass is 16.2. The maximum atomic E-state index is 13.5. The normalized spacial score (nSPS) is 15.1. The van der Waals surface area contributed by atoms with Gasteiger partial charge in [0.25, 0.3) is 5.91 Å². The van der Waals surface area contributed by atoms with E-state index in [0.29, 0.717) is 12.5 Å². The Morgan fingerprint density at radius 1 is 0.970 bits per heavy atom. The van der Waals surface area contributed by atoms with Crippen molar-refractivity contribution in [3.8, 4) is 0 Å². The second kappa shape index (κ2) is 8.90. The highest BCUT2D eigenvalue weighted by molar-refractivity contribution is 6.05. The molecular weight excluding hydrogens is 412 g/mol. The minimum atomic E-state index is -0.614. The number of fused-ring (bicyclic) bond motifs is 3. The summed E-state index contributed by atoms with van der Waals surface area (Å²) in [4.78, 5) is 33.0. The molecule has 1 aliphatic heterocycles. The predicted octanol–water partition coefficient (Wildman–Crippen LogP) is 4.76. The number of carbonyl (C=O) groups excluding carboxylic acids is 2. The molecule has 0 saturated carbocycles. The molecule has 6 heteroatoms. The molecule has 0 saturated heterocycles. The van der Waals surface area contributed by atoms with Crippen LogP contribution in [0.25, 0.3) is 11.0 Å². The minimum Gasteiger partial charge on any atom is -0.326 e. The molecule has 0 aliphatic carbocycles. The van der Waals surface area contributed by atoms with Crippen molar-refractivity contribution in [2.24, 2.45) is 0 Å². The first-order chi connectivity index (χ1) is 16.2. The number of anilines is 2. The van der Waals surface area contributed by atoms with Crippen molar-refractivity contribution in [2.45, 2.75) is 32.2 Å². The smallest absolute Gasteiger partial charge is 0.253 e. The van der Waals surface area contributed by atoms with Crippen LogP contribution in [-0.4, -0.2) is 27.9 Å². The number of para-hydroxylation sites is 3. The molecule has 0 fully saturated rings. The monoisotopic (exact) mass is 438 g/mol. The average Bonchev–Trinajstić information content (AvgIpc) is 3.33. The van der Waals surface area contributed by atoms with Gasteiger partial charge >= 0.3 is 0 Å². The highest BCUT2D eigenvalue weighted by Gasteiger charge is 2.40. The Morgan fingerprint density at radius 3 is 2.52 bits per heavy atom. The lowest BCUT2D eigenvalue weighted by Gasteiger charge is -2.16. The number of amides is 2. The van der Waals surface area contributed by atoms with Gasteiger partial charge in [-0.2, -0.15) is 0 Å². The number of imidazole rings is 1. The van der Waals surface area contributed by atoms with Crippen LogP contribution in [0, 0.1) is 0 Å². The molecule has 3 aromatic carbocycles. The van der Waals surface area contributed by atoms with Gasteiger partial charge in [-0.1, -0.05) is 67.6 Å². The highest BCUT2D eigenvalue weighted by Crippen LogP contribution is 2.36. The molecule has 1 atom stereocenters. The first kappa shape index (κ1) is 20.9. The van der Waals surface area contributed by atoms with Gasteiger partial charge in [0.2, 0.25) is 11.9 Å². The van der Waals surface area contributed by atoms with E-state index in [1.165, 1.54) is 0 Å². The quantitative estimate of drug-likeness (QED) is 0.452. The number of nitrogens with zero attached hydrogens (tertiary/aromatic N) is 3. The van der Waals surface area contributed by atoms with E-state index in [9.17, 15) is 9.59 Å². The van der Waals surface area contributed by atoms with E-state index < -0.39 is 6.04 Å². The largest absolute Gasteiger partial charge is 0.326 e. The first-order valence-corrected chi connectivity index (χ1v) is 11.4. The number of rotatable bonds is 7. The standard InChI is InChI=1S/C27H26N4O2/c1-2-20-12-6-7-13-21(20)28-25(32)18-24-26(33)30(17-16-19-10-4-3-5-11-19)27-29-22-14-8-9-15-23(22)31(24)27/h3-15,24H,2,16-18H2,1H3,(H,28,32). The summed E-state index contributed by atoms with van der Waals surface area (Å²) < 4.78 is 1.92. The Balaban J connectivity index is 1.42. The second-order valence-electron chi connectivity index (χ2n) is 8.27. The number of benzene rings is 3. The molecule has 2 amide bonds. The Kier molecular flexibility index (Phi) is 5.65. The van der Waals surface area contributed by atoms with E-state index in [2.05, 4.69) is 24.4 Å². The van der Waals surface area contributed by atoms with Crippen LogP contribution in [0.2, 0.25) is 0 Å². The van der Waals surface area contributed by atoms with Gasteiger partial charge in [0, 0.05) is 12.2 Å². The minimum absolute atomic E-state index is 0.0616. The lowest BCUT2D eigenvalue weighted by Crippen LogP contribution is -2.33. The van der Waals surface area contributed by atoms with Crippen LogP contribution >= 0.6 is 0 Å². The summed E-state index contributed by atoms with van der Waals surface area (Å²) in [5, 5.41) is 3.01.